The highest BCUT2D eigenvalue weighted by Crippen LogP contribution is 2.45. The molecule has 1 atom stereocenters. The van der Waals surface area contributed by atoms with Gasteiger partial charge in [0.05, 0.1) is 43.9 Å². The summed E-state index contributed by atoms with van der Waals surface area (Å²) in [5, 5.41) is 13.5. The first-order valence-corrected chi connectivity index (χ1v) is 12.1. The molecule has 1 aliphatic heterocycles. The molecule has 4 aromatic rings. The van der Waals surface area contributed by atoms with E-state index in [0.29, 0.717) is 31.9 Å². The van der Waals surface area contributed by atoms with Gasteiger partial charge in [-0.15, -0.1) is 11.3 Å². The number of amides is 1. The zero-order chi connectivity index (χ0) is 23.3. The van der Waals surface area contributed by atoms with Gasteiger partial charge < -0.3 is 9.84 Å². The molecular weight excluding hydrogens is 503 g/mol. The van der Waals surface area contributed by atoms with Gasteiger partial charge in [-0.1, -0.05) is 46.7 Å². The van der Waals surface area contributed by atoms with E-state index in [2.05, 4.69) is 4.98 Å². The van der Waals surface area contributed by atoms with Crippen molar-refractivity contribution in [3.05, 3.63) is 85.7 Å². The molecule has 0 saturated carbocycles. The number of halogens is 2. The number of nitrogens with zero attached hydrogens (tertiary/aromatic N) is 2. The van der Waals surface area contributed by atoms with Crippen LogP contribution in [0.15, 0.2) is 65.2 Å². The van der Waals surface area contributed by atoms with E-state index in [0.717, 1.165) is 4.70 Å². The normalized spacial score (nSPS) is 16.2. The summed E-state index contributed by atoms with van der Waals surface area (Å²) in [4.78, 5) is 33.0. The van der Waals surface area contributed by atoms with Crippen LogP contribution in [0.3, 0.4) is 0 Å². The number of hydrogen-bond acceptors (Lipinski definition) is 7. The molecule has 166 valence electrons. The Balaban J connectivity index is 1.69. The van der Waals surface area contributed by atoms with E-state index in [9.17, 15) is 14.7 Å². The number of Topliss-reactive ketones (excluding diaryl/α,β-unsaturated/α-hetero) is 1. The van der Waals surface area contributed by atoms with Gasteiger partial charge in [-0.25, -0.2) is 4.98 Å². The summed E-state index contributed by atoms with van der Waals surface area (Å²) in [6, 6.07) is 12.7. The Hall–Kier alpha value is -2.91. The van der Waals surface area contributed by atoms with Crippen molar-refractivity contribution in [2.75, 3.05) is 12.0 Å². The molecule has 2 aromatic heterocycles. The number of aromatic nitrogens is 1. The SMILES string of the molecule is COc1ccc2nc(N3C(=O)C(O)=C(C(=O)c4cccs4)C3c3ccc(Cl)c(Cl)c3)sc2c1. The minimum atomic E-state index is -0.927. The van der Waals surface area contributed by atoms with Crippen LogP contribution in [-0.2, 0) is 4.79 Å². The third-order valence-electron chi connectivity index (χ3n) is 5.25. The van der Waals surface area contributed by atoms with Crippen LogP contribution in [0.25, 0.3) is 10.2 Å². The van der Waals surface area contributed by atoms with Crippen molar-refractivity contribution >= 4 is 72.9 Å². The van der Waals surface area contributed by atoms with Gasteiger partial charge in [-0.3, -0.25) is 14.5 Å². The summed E-state index contributed by atoms with van der Waals surface area (Å²) in [6.45, 7) is 0. The third kappa shape index (κ3) is 3.69. The maximum absolute atomic E-state index is 13.4. The number of carbonyl (C=O) groups is 2. The molecule has 2 aromatic carbocycles. The molecule has 0 radical (unpaired) electrons. The van der Waals surface area contributed by atoms with Crippen molar-refractivity contribution in [2.45, 2.75) is 6.04 Å². The molecule has 5 rings (SSSR count). The van der Waals surface area contributed by atoms with Gasteiger partial charge in [-0.2, -0.15) is 0 Å². The molecule has 1 amide bonds. The number of rotatable bonds is 5. The Morgan fingerprint density at radius 2 is 1.97 bits per heavy atom. The van der Waals surface area contributed by atoms with Crippen LogP contribution in [-0.4, -0.2) is 28.9 Å². The number of anilines is 1. The lowest BCUT2D eigenvalue weighted by Gasteiger charge is -2.24. The number of aliphatic hydroxyl groups excluding tert-OH is 1. The van der Waals surface area contributed by atoms with E-state index in [1.165, 1.54) is 27.6 Å². The average molecular weight is 517 g/mol. The lowest BCUT2D eigenvalue weighted by Crippen LogP contribution is -2.30. The molecule has 6 nitrogen and oxygen atoms in total. The highest BCUT2D eigenvalue weighted by molar-refractivity contribution is 7.22. The Kier molecular flexibility index (Phi) is 5.62. The predicted molar refractivity (Wildman–Crippen MR) is 131 cm³/mol. The van der Waals surface area contributed by atoms with Crippen molar-refractivity contribution in [3.8, 4) is 5.75 Å². The number of carbonyl (C=O) groups excluding carboxylic acids is 2. The first-order chi connectivity index (χ1) is 15.9. The molecule has 0 spiro atoms. The first kappa shape index (κ1) is 21.9. The second kappa shape index (κ2) is 8.46. The molecule has 1 aliphatic rings. The van der Waals surface area contributed by atoms with Gasteiger partial charge in [0, 0.05) is 0 Å². The standard InChI is InChI=1S/C23H14Cl2N2O4S2/c1-31-12-5-7-15-17(10-12)33-23(26-15)27-19(11-4-6-13(24)14(25)9-11)18(21(29)22(27)30)20(28)16-3-2-8-32-16/h2-10,19,29H,1H3. The topological polar surface area (TPSA) is 79.7 Å². The Bertz CT molecular complexity index is 1450. The molecule has 3 heterocycles. The van der Waals surface area contributed by atoms with E-state index in [1.54, 1.807) is 55.0 Å². The summed E-state index contributed by atoms with van der Waals surface area (Å²) in [6.07, 6.45) is 0. The molecule has 1 N–H and O–H groups in total. The number of aliphatic hydroxyl groups is 1. The number of ketones is 1. The molecule has 10 heteroatoms. The summed E-state index contributed by atoms with van der Waals surface area (Å²) in [5.41, 5.74) is 1.16. The zero-order valence-electron chi connectivity index (χ0n) is 16.9. The van der Waals surface area contributed by atoms with Crippen LogP contribution in [0.2, 0.25) is 10.0 Å². The zero-order valence-corrected chi connectivity index (χ0v) is 20.1. The van der Waals surface area contributed by atoms with Crippen molar-refractivity contribution in [1.82, 2.24) is 4.98 Å². The monoisotopic (exact) mass is 516 g/mol. The van der Waals surface area contributed by atoms with E-state index >= 15 is 0 Å². The number of hydrogen-bond donors (Lipinski definition) is 1. The van der Waals surface area contributed by atoms with Gasteiger partial charge in [0.1, 0.15) is 5.75 Å². The van der Waals surface area contributed by atoms with E-state index in [4.69, 9.17) is 27.9 Å². The fourth-order valence-corrected chi connectivity index (χ4v) is 5.70. The van der Waals surface area contributed by atoms with Crippen molar-refractivity contribution in [3.63, 3.8) is 0 Å². The number of fused-ring (bicyclic) bond motifs is 1. The summed E-state index contributed by atoms with van der Waals surface area (Å²) in [7, 11) is 1.57. The minimum Gasteiger partial charge on any atom is -0.503 e. The Morgan fingerprint density at radius 3 is 2.67 bits per heavy atom. The summed E-state index contributed by atoms with van der Waals surface area (Å²) < 4.78 is 6.07. The Labute approximate surface area is 206 Å². The lowest BCUT2D eigenvalue weighted by atomic mass is 9.95. The van der Waals surface area contributed by atoms with Crippen LogP contribution in [0.5, 0.6) is 5.75 Å². The second-order valence-electron chi connectivity index (χ2n) is 7.15. The molecule has 0 fully saturated rings. The van der Waals surface area contributed by atoms with Crippen LogP contribution >= 0.6 is 45.9 Å². The molecule has 1 unspecified atom stereocenters. The lowest BCUT2D eigenvalue weighted by molar-refractivity contribution is -0.117. The van der Waals surface area contributed by atoms with E-state index in [-0.39, 0.29) is 10.6 Å². The van der Waals surface area contributed by atoms with Crippen LogP contribution in [0, 0.1) is 0 Å². The maximum atomic E-state index is 13.4. The summed E-state index contributed by atoms with van der Waals surface area (Å²) >= 11 is 14.8. The maximum Gasteiger partial charge on any atom is 0.296 e. The van der Waals surface area contributed by atoms with Gasteiger partial charge in [0.15, 0.2) is 10.9 Å². The van der Waals surface area contributed by atoms with Crippen molar-refractivity contribution < 1.29 is 19.4 Å². The number of thiophene rings is 1. The highest BCUT2D eigenvalue weighted by atomic mass is 35.5. The molecule has 0 bridgehead atoms. The largest absolute Gasteiger partial charge is 0.503 e. The molecule has 33 heavy (non-hydrogen) atoms. The van der Waals surface area contributed by atoms with E-state index < -0.39 is 23.5 Å². The average Bonchev–Trinajstić information content (AvgIpc) is 3.54. The van der Waals surface area contributed by atoms with Gasteiger partial charge in [0.2, 0.25) is 5.78 Å². The fourth-order valence-electron chi connectivity index (χ4n) is 3.70. The minimum absolute atomic E-state index is 0.0299. The fraction of sp³-hybridized carbons (Fsp3) is 0.0870. The van der Waals surface area contributed by atoms with Crippen molar-refractivity contribution in [1.29, 1.82) is 0 Å². The number of thiazole rings is 1. The number of methoxy groups -OCH3 is 1. The molecule has 0 aliphatic carbocycles. The smallest absolute Gasteiger partial charge is 0.296 e. The van der Waals surface area contributed by atoms with Gasteiger partial charge in [0.25, 0.3) is 5.91 Å². The predicted octanol–water partition coefficient (Wildman–Crippen LogP) is 6.46. The Morgan fingerprint density at radius 1 is 1.15 bits per heavy atom. The van der Waals surface area contributed by atoms with Crippen LogP contribution in [0.4, 0.5) is 5.13 Å². The number of ether oxygens (including phenoxy) is 1. The summed E-state index contributed by atoms with van der Waals surface area (Å²) in [5.74, 6) is -1.10. The first-order valence-electron chi connectivity index (χ1n) is 9.63. The number of benzene rings is 2. The van der Waals surface area contributed by atoms with Gasteiger partial charge in [-0.05, 0) is 47.3 Å². The molecular formula is C23H14Cl2N2O4S2. The van der Waals surface area contributed by atoms with E-state index in [1.807, 2.05) is 6.07 Å². The quantitative estimate of drug-likeness (QED) is 0.308. The van der Waals surface area contributed by atoms with Crippen LogP contribution in [0.1, 0.15) is 21.3 Å². The van der Waals surface area contributed by atoms with Crippen LogP contribution < -0.4 is 9.64 Å². The van der Waals surface area contributed by atoms with Gasteiger partial charge >= 0.3 is 0 Å². The second-order valence-corrected chi connectivity index (χ2v) is 9.92. The highest BCUT2D eigenvalue weighted by Gasteiger charge is 2.46. The van der Waals surface area contributed by atoms with Crippen molar-refractivity contribution in [2.24, 2.45) is 0 Å². The third-order valence-corrected chi connectivity index (χ3v) is 7.87. The molecule has 0 saturated heterocycles.